The minimum atomic E-state index is -4.24. The molecule has 0 spiro atoms. The van der Waals surface area contributed by atoms with Crippen molar-refractivity contribution in [3.05, 3.63) is 29.8 Å². The summed E-state index contributed by atoms with van der Waals surface area (Å²) >= 11 is 2.05. The molecule has 0 aliphatic carbocycles. The van der Waals surface area contributed by atoms with Crippen molar-refractivity contribution in [1.82, 2.24) is 0 Å². The van der Waals surface area contributed by atoms with Crippen LogP contribution in [-0.4, -0.2) is 16.3 Å². The van der Waals surface area contributed by atoms with Crippen molar-refractivity contribution in [2.75, 3.05) is 0 Å². The van der Waals surface area contributed by atoms with E-state index in [1.165, 1.54) is 12.1 Å². The molecule has 0 aliphatic rings. The van der Waals surface area contributed by atoms with Crippen LogP contribution in [0.15, 0.2) is 24.3 Å². The van der Waals surface area contributed by atoms with Gasteiger partial charge in [-0.1, -0.05) is 0 Å². The molecule has 0 saturated carbocycles. The zero-order valence-corrected chi connectivity index (χ0v) is 6.68. The summed E-state index contributed by atoms with van der Waals surface area (Å²) in [6, 6.07) is 5.41. The molecule has 0 aliphatic heterocycles. The predicted molar refractivity (Wildman–Crippen MR) is 36.8 cm³/mol. The fourth-order valence-corrected chi connectivity index (χ4v) is 1.13. The van der Waals surface area contributed by atoms with Crippen LogP contribution in [0.3, 0.4) is 0 Å². The first-order valence-electron chi connectivity index (χ1n) is 2.93. The van der Waals surface area contributed by atoms with Crippen molar-refractivity contribution in [2.24, 2.45) is 0 Å². The quantitative estimate of drug-likeness (QED) is 0.520. The van der Waals surface area contributed by atoms with E-state index in [-0.39, 0.29) is 4.43 Å². The van der Waals surface area contributed by atoms with E-state index in [1.807, 2.05) is 0 Å². The van der Waals surface area contributed by atoms with Crippen LogP contribution < -0.4 is 4.43 Å². The molecule has 4 heteroatoms. The molecule has 0 atom stereocenters. The second-order valence-corrected chi connectivity index (χ2v) is 2.71. The maximum absolute atomic E-state index is 12.0. The van der Waals surface area contributed by atoms with Gasteiger partial charge in [0.1, 0.15) is 0 Å². The van der Waals surface area contributed by atoms with Gasteiger partial charge in [0, 0.05) is 0 Å². The monoisotopic (exact) mass is 172 g/mol. The summed E-state index contributed by atoms with van der Waals surface area (Å²) < 4.78 is 36.3. The SMILES string of the molecule is FC(F)(F)c1cccc[c]1[Al+2]. The van der Waals surface area contributed by atoms with Gasteiger partial charge in [-0.2, -0.15) is 0 Å². The molecule has 0 fully saturated rings. The molecule has 0 N–H and O–H groups in total. The van der Waals surface area contributed by atoms with Crippen molar-refractivity contribution < 1.29 is 13.2 Å². The summed E-state index contributed by atoms with van der Waals surface area (Å²) in [6.07, 6.45) is -4.24. The fourth-order valence-electron chi connectivity index (χ4n) is 0.755. The van der Waals surface area contributed by atoms with Gasteiger partial charge in [-0.3, -0.25) is 0 Å². The van der Waals surface area contributed by atoms with E-state index in [2.05, 4.69) is 16.3 Å². The molecule has 54 valence electrons. The normalized spacial score (nSPS) is 11.7. The Labute approximate surface area is 70.5 Å². The van der Waals surface area contributed by atoms with Crippen LogP contribution in [-0.2, 0) is 6.18 Å². The molecule has 0 aromatic heterocycles. The Morgan fingerprint density at radius 3 is 2.00 bits per heavy atom. The van der Waals surface area contributed by atoms with Crippen molar-refractivity contribution in [3.63, 3.8) is 0 Å². The maximum atomic E-state index is 12.0. The first-order chi connectivity index (χ1) is 5.02. The van der Waals surface area contributed by atoms with Crippen LogP contribution in [0.4, 0.5) is 13.2 Å². The number of hydrogen-bond donors (Lipinski definition) is 0. The van der Waals surface area contributed by atoms with Gasteiger partial charge in [-0.25, -0.2) is 0 Å². The Bertz CT molecular complexity index is 254. The van der Waals surface area contributed by atoms with Gasteiger partial charge in [-0.15, -0.1) is 0 Å². The van der Waals surface area contributed by atoms with E-state index < -0.39 is 11.7 Å². The van der Waals surface area contributed by atoms with Crippen molar-refractivity contribution in [1.29, 1.82) is 0 Å². The average molecular weight is 172 g/mol. The molecule has 0 bridgehead atoms. The van der Waals surface area contributed by atoms with Gasteiger partial charge >= 0.3 is 69.9 Å². The minimum absolute atomic E-state index is 0.181. The van der Waals surface area contributed by atoms with Crippen LogP contribution in [0.25, 0.3) is 0 Å². The third-order valence-corrected chi connectivity index (χ3v) is 1.77. The number of benzene rings is 1. The summed E-state index contributed by atoms with van der Waals surface area (Å²) in [6.45, 7) is 0. The van der Waals surface area contributed by atoms with Gasteiger partial charge in [-0.05, 0) is 0 Å². The van der Waals surface area contributed by atoms with E-state index >= 15 is 0 Å². The van der Waals surface area contributed by atoms with Crippen LogP contribution in [0.1, 0.15) is 5.56 Å². The van der Waals surface area contributed by atoms with Crippen molar-refractivity contribution in [3.8, 4) is 0 Å². The number of hydrogen-bond acceptors (Lipinski definition) is 0. The van der Waals surface area contributed by atoms with Crippen LogP contribution in [0.5, 0.6) is 0 Å². The van der Waals surface area contributed by atoms with Gasteiger partial charge in [0.25, 0.3) is 0 Å². The molecule has 0 saturated heterocycles. The van der Waals surface area contributed by atoms with Gasteiger partial charge in [0.2, 0.25) is 0 Å². The molecule has 0 unspecified atom stereocenters. The van der Waals surface area contributed by atoms with Crippen molar-refractivity contribution in [2.45, 2.75) is 6.18 Å². The van der Waals surface area contributed by atoms with E-state index in [9.17, 15) is 13.2 Å². The van der Waals surface area contributed by atoms with Gasteiger partial charge in [0.15, 0.2) is 0 Å². The zero-order chi connectivity index (χ0) is 8.48. The van der Waals surface area contributed by atoms with Crippen LogP contribution in [0, 0.1) is 0 Å². The molecular weight excluding hydrogens is 168 g/mol. The third kappa shape index (κ3) is 1.98. The Morgan fingerprint density at radius 1 is 1.09 bits per heavy atom. The van der Waals surface area contributed by atoms with E-state index in [0.717, 1.165) is 6.07 Å². The van der Waals surface area contributed by atoms with Crippen LogP contribution in [0.2, 0.25) is 0 Å². The first kappa shape index (κ1) is 8.64. The molecule has 0 nitrogen and oxygen atoms in total. The van der Waals surface area contributed by atoms with Gasteiger partial charge < -0.3 is 0 Å². The third-order valence-electron chi connectivity index (χ3n) is 1.27. The number of alkyl halides is 3. The molecule has 1 aromatic carbocycles. The standard InChI is InChI=1S/C7H4F3.Al/c8-7(9,10)6-4-2-1-3-5-6;/h1-4H;/q;+2. The van der Waals surface area contributed by atoms with Gasteiger partial charge in [0.05, 0.1) is 0 Å². The number of halogens is 3. The van der Waals surface area contributed by atoms with Crippen molar-refractivity contribution >= 4 is 20.7 Å². The summed E-state index contributed by atoms with van der Waals surface area (Å²) in [4.78, 5) is 0. The molecule has 0 amide bonds. The second kappa shape index (κ2) is 2.88. The van der Waals surface area contributed by atoms with E-state index in [1.54, 1.807) is 6.07 Å². The molecule has 0 heterocycles. The topological polar surface area (TPSA) is 0 Å². The zero-order valence-electron chi connectivity index (χ0n) is 5.52. The number of rotatable bonds is 0. The molecule has 1 aromatic rings. The van der Waals surface area contributed by atoms with E-state index in [4.69, 9.17) is 0 Å². The summed E-state index contributed by atoms with van der Waals surface area (Å²) in [7, 11) is 0. The summed E-state index contributed by atoms with van der Waals surface area (Å²) in [5.41, 5.74) is -0.593. The Morgan fingerprint density at radius 2 is 1.64 bits per heavy atom. The Balaban J connectivity index is 3.14. The Hall–Kier alpha value is -0.458. The Kier molecular flexibility index (Phi) is 2.26. The first-order valence-corrected chi connectivity index (χ1v) is 3.51. The molecular formula is C7H4AlF3+2. The molecule has 0 radical (unpaired) electrons. The molecule has 11 heavy (non-hydrogen) atoms. The average Bonchev–Trinajstić information content (AvgIpc) is 1.86. The summed E-state index contributed by atoms with van der Waals surface area (Å²) in [5.74, 6) is 0. The summed E-state index contributed by atoms with van der Waals surface area (Å²) in [5, 5.41) is 0. The fraction of sp³-hybridized carbons (Fsp3) is 0.143. The van der Waals surface area contributed by atoms with Crippen LogP contribution >= 0.6 is 0 Å². The molecule has 1 rings (SSSR count). The predicted octanol–water partition coefficient (Wildman–Crippen LogP) is 1.50. The van der Waals surface area contributed by atoms with E-state index in [0.29, 0.717) is 0 Å². The second-order valence-electron chi connectivity index (χ2n) is 2.09.